The topological polar surface area (TPSA) is 48.3 Å². The molecule has 0 amide bonds. The van der Waals surface area contributed by atoms with E-state index >= 15 is 0 Å². The van der Waals surface area contributed by atoms with Gasteiger partial charge in [0.2, 0.25) is 0 Å². The predicted octanol–water partition coefficient (Wildman–Crippen LogP) is 0.659. The van der Waals surface area contributed by atoms with Crippen LogP contribution in [0, 0.1) is 0 Å². The van der Waals surface area contributed by atoms with Gasteiger partial charge in [0.15, 0.2) is 0 Å². The molecule has 0 spiro atoms. The summed E-state index contributed by atoms with van der Waals surface area (Å²) in [5, 5.41) is 3.31. The third-order valence-corrected chi connectivity index (χ3v) is 2.64. The Morgan fingerprint density at radius 3 is 3.25 bits per heavy atom. The van der Waals surface area contributed by atoms with E-state index < -0.39 is 0 Å². The molecule has 2 rings (SSSR count). The number of ether oxygens (including phenoxy) is 2. The lowest BCUT2D eigenvalue weighted by molar-refractivity contribution is -0.0487. The number of nitrogens with zero attached hydrogens (tertiary/aromatic N) is 2. The van der Waals surface area contributed by atoms with Crippen LogP contribution < -0.4 is 10.1 Å². The van der Waals surface area contributed by atoms with Gasteiger partial charge in [-0.1, -0.05) is 0 Å². The lowest BCUT2D eigenvalue weighted by atomic mass is 10.2. The largest absolute Gasteiger partial charge is 0.462 e. The van der Waals surface area contributed by atoms with Gasteiger partial charge in [-0.25, -0.2) is 4.98 Å². The molecule has 0 radical (unpaired) electrons. The number of morpholine rings is 1. The van der Waals surface area contributed by atoms with Crippen LogP contribution in [-0.2, 0) is 11.3 Å². The van der Waals surface area contributed by atoms with Crippen molar-refractivity contribution in [2.75, 3.05) is 19.7 Å². The summed E-state index contributed by atoms with van der Waals surface area (Å²) < 4.78 is 13.3. The van der Waals surface area contributed by atoms with Gasteiger partial charge in [0, 0.05) is 32.0 Å². The smallest absolute Gasteiger partial charge is 0.296 e. The Morgan fingerprint density at radius 1 is 1.62 bits per heavy atom. The fraction of sp³-hybridized carbons (Fsp3) is 0.727. The molecule has 0 saturated carbocycles. The molecule has 2 unspecified atom stereocenters. The summed E-state index contributed by atoms with van der Waals surface area (Å²) in [6.45, 7) is 7.31. The van der Waals surface area contributed by atoms with Crippen LogP contribution in [0.3, 0.4) is 0 Å². The molecule has 1 saturated heterocycles. The van der Waals surface area contributed by atoms with Gasteiger partial charge in [0.1, 0.15) is 12.7 Å². The average Bonchev–Trinajstić information content (AvgIpc) is 2.74. The van der Waals surface area contributed by atoms with Crippen molar-refractivity contribution in [2.24, 2.45) is 0 Å². The van der Waals surface area contributed by atoms with Gasteiger partial charge in [-0.05, 0) is 13.8 Å². The Morgan fingerprint density at radius 2 is 2.50 bits per heavy atom. The Kier molecular flexibility index (Phi) is 3.79. The molecular formula is C11H19N3O2. The van der Waals surface area contributed by atoms with Crippen molar-refractivity contribution >= 4 is 0 Å². The first kappa shape index (κ1) is 11.4. The number of rotatable bonds is 4. The second kappa shape index (κ2) is 5.32. The summed E-state index contributed by atoms with van der Waals surface area (Å²) >= 11 is 0. The van der Waals surface area contributed by atoms with E-state index in [0.29, 0.717) is 12.6 Å². The molecule has 0 bridgehead atoms. The molecule has 1 N–H and O–H groups in total. The molecule has 0 aliphatic carbocycles. The van der Waals surface area contributed by atoms with Crippen molar-refractivity contribution in [3.05, 3.63) is 12.4 Å². The highest BCUT2D eigenvalue weighted by molar-refractivity contribution is 4.98. The van der Waals surface area contributed by atoms with Gasteiger partial charge in [0.05, 0.1) is 6.10 Å². The Hall–Kier alpha value is -1.07. The van der Waals surface area contributed by atoms with Gasteiger partial charge in [-0.3, -0.25) is 0 Å². The highest BCUT2D eigenvalue weighted by Gasteiger charge is 2.19. The molecule has 1 aromatic rings. The van der Waals surface area contributed by atoms with Crippen LogP contribution in [0.15, 0.2) is 12.4 Å². The first-order valence-electron chi connectivity index (χ1n) is 5.79. The maximum absolute atomic E-state index is 5.73. The van der Waals surface area contributed by atoms with Crippen LogP contribution in [0.2, 0.25) is 0 Å². The summed E-state index contributed by atoms with van der Waals surface area (Å²) in [5.41, 5.74) is 0. The van der Waals surface area contributed by atoms with E-state index in [9.17, 15) is 0 Å². The van der Waals surface area contributed by atoms with E-state index in [-0.39, 0.29) is 12.2 Å². The number of imidazole rings is 1. The molecule has 1 fully saturated rings. The molecule has 1 aliphatic rings. The molecule has 5 nitrogen and oxygen atoms in total. The number of hydrogen-bond acceptors (Lipinski definition) is 4. The minimum Gasteiger partial charge on any atom is -0.462 e. The van der Waals surface area contributed by atoms with E-state index in [1.165, 1.54) is 0 Å². The highest BCUT2D eigenvalue weighted by atomic mass is 16.5. The summed E-state index contributed by atoms with van der Waals surface area (Å²) in [6.07, 6.45) is 4.04. The van der Waals surface area contributed by atoms with E-state index in [1.54, 1.807) is 6.20 Å². The van der Waals surface area contributed by atoms with Crippen LogP contribution in [0.5, 0.6) is 6.01 Å². The maximum Gasteiger partial charge on any atom is 0.296 e. The monoisotopic (exact) mass is 225 g/mol. The second-order valence-electron chi connectivity index (χ2n) is 4.03. The van der Waals surface area contributed by atoms with Crippen LogP contribution in [-0.4, -0.2) is 41.5 Å². The van der Waals surface area contributed by atoms with Crippen molar-refractivity contribution in [1.82, 2.24) is 14.9 Å². The predicted molar refractivity (Wildman–Crippen MR) is 60.6 cm³/mol. The summed E-state index contributed by atoms with van der Waals surface area (Å²) in [5.74, 6) is 0. The molecule has 5 heteroatoms. The standard InChI is InChI=1S/C11H19N3O2/c1-3-14-5-4-13-11(14)15-8-10-7-12-6-9(2)16-10/h4-5,9-10,12H,3,6-8H2,1-2H3. The highest BCUT2D eigenvalue weighted by Crippen LogP contribution is 2.09. The minimum atomic E-state index is 0.116. The third-order valence-electron chi connectivity index (χ3n) is 2.64. The molecular weight excluding hydrogens is 206 g/mol. The van der Waals surface area contributed by atoms with Crippen molar-refractivity contribution in [3.8, 4) is 6.01 Å². The zero-order valence-corrected chi connectivity index (χ0v) is 9.85. The minimum absolute atomic E-state index is 0.116. The fourth-order valence-corrected chi connectivity index (χ4v) is 1.81. The molecule has 90 valence electrons. The molecule has 0 aromatic carbocycles. The first-order chi connectivity index (χ1) is 7.79. The van der Waals surface area contributed by atoms with E-state index in [2.05, 4.69) is 24.1 Å². The van der Waals surface area contributed by atoms with Gasteiger partial charge in [-0.15, -0.1) is 0 Å². The van der Waals surface area contributed by atoms with E-state index in [1.807, 2.05) is 10.8 Å². The average molecular weight is 225 g/mol. The van der Waals surface area contributed by atoms with Crippen molar-refractivity contribution in [3.63, 3.8) is 0 Å². The van der Waals surface area contributed by atoms with Gasteiger partial charge in [0.25, 0.3) is 6.01 Å². The summed E-state index contributed by atoms with van der Waals surface area (Å²) in [7, 11) is 0. The lowest BCUT2D eigenvalue weighted by Crippen LogP contribution is -2.46. The van der Waals surface area contributed by atoms with E-state index in [4.69, 9.17) is 9.47 Å². The van der Waals surface area contributed by atoms with Crippen LogP contribution in [0.1, 0.15) is 13.8 Å². The Bertz CT molecular complexity index is 327. The van der Waals surface area contributed by atoms with Crippen LogP contribution in [0.25, 0.3) is 0 Å². The van der Waals surface area contributed by atoms with E-state index in [0.717, 1.165) is 19.6 Å². The third kappa shape index (κ3) is 2.74. The molecule has 1 aliphatic heterocycles. The van der Waals surface area contributed by atoms with Crippen molar-refractivity contribution in [2.45, 2.75) is 32.6 Å². The fourth-order valence-electron chi connectivity index (χ4n) is 1.81. The van der Waals surface area contributed by atoms with Crippen LogP contribution in [0.4, 0.5) is 0 Å². The van der Waals surface area contributed by atoms with Gasteiger partial charge >= 0.3 is 0 Å². The second-order valence-corrected chi connectivity index (χ2v) is 4.03. The zero-order valence-electron chi connectivity index (χ0n) is 9.85. The van der Waals surface area contributed by atoms with Gasteiger partial charge in [-0.2, -0.15) is 0 Å². The molecule has 1 aromatic heterocycles. The summed E-state index contributed by atoms with van der Waals surface area (Å²) in [4.78, 5) is 4.16. The quantitative estimate of drug-likeness (QED) is 0.817. The first-order valence-corrected chi connectivity index (χ1v) is 5.79. The molecule has 2 atom stereocenters. The Labute approximate surface area is 95.8 Å². The molecule has 2 heterocycles. The zero-order chi connectivity index (χ0) is 11.4. The normalized spacial score (nSPS) is 25.6. The van der Waals surface area contributed by atoms with Crippen LogP contribution >= 0.6 is 0 Å². The van der Waals surface area contributed by atoms with Gasteiger partial charge < -0.3 is 19.4 Å². The number of aryl methyl sites for hydroxylation is 1. The number of nitrogens with one attached hydrogen (secondary N) is 1. The SMILES string of the molecule is CCn1ccnc1OCC1CNCC(C)O1. The summed E-state index contributed by atoms with van der Waals surface area (Å²) in [6, 6.07) is 0.671. The molecule has 16 heavy (non-hydrogen) atoms. The lowest BCUT2D eigenvalue weighted by Gasteiger charge is -2.28. The number of aromatic nitrogens is 2. The number of hydrogen-bond donors (Lipinski definition) is 1. The van der Waals surface area contributed by atoms with Crippen molar-refractivity contribution in [1.29, 1.82) is 0 Å². The maximum atomic E-state index is 5.73. The Balaban J connectivity index is 1.82. The van der Waals surface area contributed by atoms with Crippen molar-refractivity contribution < 1.29 is 9.47 Å².